The van der Waals surface area contributed by atoms with Crippen LogP contribution in [-0.2, 0) is 4.74 Å². The minimum Gasteiger partial charge on any atom is -0.450 e. The van der Waals surface area contributed by atoms with E-state index in [0.717, 1.165) is 11.7 Å². The van der Waals surface area contributed by atoms with Gasteiger partial charge >= 0.3 is 6.09 Å². The fourth-order valence-electron chi connectivity index (χ4n) is 1.68. The normalized spacial score (nSPS) is 16.1. The Morgan fingerprint density at radius 2 is 2.12 bits per heavy atom. The molecular weight excluding hydrogens is 264 g/mol. The summed E-state index contributed by atoms with van der Waals surface area (Å²) in [5.41, 5.74) is 0. The lowest BCUT2D eigenvalue weighted by molar-refractivity contribution is 0.105. The number of rotatable bonds is 2. The average molecular weight is 277 g/mol. The highest BCUT2D eigenvalue weighted by Gasteiger charge is 2.24. The fourth-order valence-corrected chi connectivity index (χ4v) is 2.46. The molecule has 2 heterocycles. The highest BCUT2D eigenvalue weighted by atomic mass is 35.5. The molecule has 0 bridgehead atoms. The number of hydrogen-bond donors (Lipinski definition) is 0. The van der Waals surface area contributed by atoms with Gasteiger partial charge in [-0.15, -0.1) is 0 Å². The van der Waals surface area contributed by atoms with E-state index in [0.29, 0.717) is 43.8 Å². The van der Waals surface area contributed by atoms with Gasteiger partial charge < -0.3 is 14.5 Å². The van der Waals surface area contributed by atoms with Crippen LogP contribution in [0.2, 0.25) is 5.15 Å². The van der Waals surface area contributed by atoms with E-state index in [2.05, 4.69) is 8.75 Å². The van der Waals surface area contributed by atoms with Gasteiger partial charge in [0.25, 0.3) is 0 Å². The van der Waals surface area contributed by atoms with Crippen molar-refractivity contribution < 1.29 is 9.53 Å². The van der Waals surface area contributed by atoms with Crippen LogP contribution >= 0.6 is 23.3 Å². The van der Waals surface area contributed by atoms with Crippen molar-refractivity contribution in [2.45, 2.75) is 6.92 Å². The largest absolute Gasteiger partial charge is 0.450 e. The minimum atomic E-state index is -0.255. The summed E-state index contributed by atoms with van der Waals surface area (Å²) < 4.78 is 13.0. The molecule has 0 aliphatic carbocycles. The van der Waals surface area contributed by atoms with Crippen LogP contribution in [-0.4, -0.2) is 52.5 Å². The first-order valence-electron chi connectivity index (χ1n) is 5.37. The van der Waals surface area contributed by atoms with Crippen molar-refractivity contribution in [2.24, 2.45) is 0 Å². The van der Waals surface area contributed by atoms with Gasteiger partial charge in [-0.05, 0) is 6.92 Å². The number of nitrogens with zero attached hydrogens (tertiary/aromatic N) is 4. The van der Waals surface area contributed by atoms with Crippen LogP contribution in [0.15, 0.2) is 0 Å². The van der Waals surface area contributed by atoms with E-state index in [9.17, 15) is 4.79 Å². The first kappa shape index (κ1) is 12.4. The molecule has 94 valence electrons. The summed E-state index contributed by atoms with van der Waals surface area (Å²) in [6.07, 6.45) is -0.255. The number of anilines is 1. The van der Waals surface area contributed by atoms with Crippen LogP contribution in [0, 0.1) is 0 Å². The maximum atomic E-state index is 11.5. The van der Waals surface area contributed by atoms with Crippen molar-refractivity contribution >= 4 is 35.2 Å². The number of piperazine rings is 1. The molecule has 6 nitrogen and oxygen atoms in total. The molecule has 0 spiro atoms. The van der Waals surface area contributed by atoms with Crippen molar-refractivity contribution in [2.75, 3.05) is 37.7 Å². The number of carbonyl (C=O) groups is 1. The molecule has 0 atom stereocenters. The summed E-state index contributed by atoms with van der Waals surface area (Å²) in [6, 6.07) is 0. The van der Waals surface area contributed by atoms with Gasteiger partial charge in [0.05, 0.1) is 18.3 Å². The lowest BCUT2D eigenvalue weighted by Gasteiger charge is -2.33. The molecule has 2 rings (SSSR count). The number of halogens is 1. The molecule has 1 aliphatic heterocycles. The van der Waals surface area contributed by atoms with Gasteiger partial charge in [0.2, 0.25) is 0 Å². The first-order chi connectivity index (χ1) is 8.22. The second kappa shape index (κ2) is 5.50. The Labute approximate surface area is 108 Å². The summed E-state index contributed by atoms with van der Waals surface area (Å²) in [5.74, 6) is 0.708. The van der Waals surface area contributed by atoms with Crippen LogP contribution in [0.4, 0.5) is 10.6 Å². The molecule has 17 heavy (non-hydrogen) atoms. The molecule has 1 fully saturated rings. The Morgan fingerprint density at radius 3 is 2.65 bits per heavy atom. The van der Waals surface area contributed by atoms with Gasteiger partial charge in [-0.2, -0.15) is 8.75 Å². The van der Waals surface area contributed by atoms with Crippen LogP contribution in [0.5, 0.6) is 0 Å². The molecule has 1 aliphatic rings. The van der Waals surface area contributed by atoms with E-state index in [4.69, 9.17) is 16.3 Å². The molecule has 0 N–H and O–H groups in total. The predicted octanol–water partition coefficient (Wildman–Crippen LogP) is 1.47. The molecule has 0 saturated carbocycles. The van der Waals surface area contributed by atoms with E-state index >= 15 is 0 Å². The first-order valence-corrected chi connectivity index (χ1v) is 6.48. The zero-order valence-electron chi connectivity index (χ0n) is 9.43. The van der Waals surface area contributed by atoms with Crippen molar-refractivity contribution in [3.63, 3.8) is 0 Å². The fraction of sp³-hybridized carbons (Fsp3) is 0.667. The Kier molecular flexibility index (Phi) is 4.01. The third-order valence-corrected chi connectivity index (χ3v) is 3.41. The van der Waals surface area contributed by atoms with Crippen LogP contribution < -0.4 is 4.90 Å². The van der Waals surface area contributed by atoms with Gasteiger partial charge in [0.15, 0.2) is 11.0 Å². The van der Waals surface area contributed by atoms with E-state index in [1.807, 2.05) is 4.90 Å². The second-order valence-electron chi connectivity index (χ2n) is 3.55. The van der Waals surface area contributed by atoms with E-state index in [1.54, 1.807) is 11.8 Å². The summed E-state index contributed by atoms with van der Waals surface area (Å²) in [6.45, 7) is 4.84. The maximum Gasteiger partial charge on any atom is 0.409 e. The average Bonchev–Trinajstić information content (AvgIpc) is 2.76. The quantitative estimate of drug-likeness (QED) is 0.819. The molecule has 1 amide bonds. The van der Waals surface area contributed by atoms with Gasteiger partial charge in [-0.3, -0.25) is 0 Å². The number of aromatic nitrogens is 2. The second-order valence-corrected chi connectivity index (χ2v) is 4.44. The molecule has 1 aromatic rings. The van der Waals surface area contributed by atoms with E-state index < -0.39 is 0 Å². The molecule has 0 radical (unpaired) electrons. The molecule has 8 heteroatoms. The smallest absolute Gasteiger partial charge is 0.409 e. The van der Waals surface area contributed by atoms with Crippen LogP contribution in [0.1, 0.15) is 6.92 Å². The predicted molar refractivity (Wildman–Crippen MR) is 65.7 cm³/mol. The third-order valence-electron chi connectivity index (χ3n) is 2.54. The number of amides is 1. The summed E-state index contributed by atoms with van der Waals surface area (Å²) in [5, 5.41) is 0.430. The molecule has 0 aromatic carbocycles. The van der Waals surface area contributed by atoms with E-state index in [-0.39, 0.29) is 6.09 Å². The van der Waals surface area contributed by atoms with Gasteiger partial charge in [0, 0.05) is 26.2 Å². The molecule has 0 unspecified atom stereocenters. The zero-order chi connectivity index (χ0) is 12.3. The maximum absolute atomic E-state index is 11.5. The van der Waals surface area contributed by atoms with Crippen molar-refractivity contribution in [1.82, 2.24) is 13.6 Å². The summed E-state index contributed by atoms with van der Waals surface area (Å²) in [7, 11) is 0. The summed E-state index contributed by atoms with van der Waals surface area (Å²) >= 11 is 7.01. The van der Waals surface area contributed by atoms with Gasteiger partial charge in [-0.1, -0.05) is 11.6 Å². The molecule has 1 saturated heterocycles. The molecule has 1 aromatic heterocycles. The van der Waals surface area contributed by atoms with Crippen LogP contribution in [0.3, 0.4) is 0 Å². The van der Waals surface area contributed by atoms with Gasteiger partial charge in [-0.25, -0.2) is 4.79 Å². The van der Waals surface area contributed by atoms with Crippen molar-refractivity contribution in [1.29, 1.82) is 0 Å². The minimum absolute atomic E-state index is 0.255. The number of ether oxygens (including phenoxy) is 1. The highest BCUT2D eigenvalue weighted by Crippen LogP contribution is 2.23. The Hall–Kier alpha value is -1.08. The Balaban J connectivity index is 1.90. The highest BCUT2D eigenvalue weighted by molar-refractivity contribution is 6.99. The lowest BCUT2D eigenvalue weighted by Crippen LogP contribution is -2.49. The van der Waals surface area contributed by atoms with Crippen molar-refractivity contribution in [3.8, 4) is 0 Å². The third kappa shape index (κ3) is 2.78. The Bertz CT molecular complexity index is 392. The topological polar surface area (TPSA) is 58.6 Å². The standard InChI is InChI=1S/C9H13ClN4O2S/c1-2-16-9(15)14-5-3-13(4-6-14)8-7(10)11-17-12-8/h2-6H2,1H3. The SMILES string of the molecule is CCOC(=O)N1CCN(c2nsnc2Cl)CC1. The lowest BCUT2D eigenvalue weighted by atomic mass is 10.3. The Morgan fingerprint density at radius 1 is 1.41 bits per heavy atom. The van der Waals surface area contributed by atoms with Gasteiger partial charge in [0.1, 0.15) is 0 Å². The molecular formula is C9H13ClN4O2S. The van der Waals surface area contributed by atoms with Crippen molar-refractivity contribution in [3.05, 3.63) is 5.15 Å². The zero-order valence-corrected chi connectivity index (χ0v) is 11.0. The number of carbonyl (C=O) groups excluding carboxylic acids is 1. The summed E-state index contributed by atoms with van der Waals surface area (Å²) in [4.78, 5) is 15.2. The van der Waals surface area contributed by atoms with Crippen LogP contribution in [0.25, 0.3) is 0 Å². The monoisotopic (exact) mass is 276 g/mol. The number of hydrogen-bond acceptors (Lipinski definition) is 6. The van der Waals surface area contributed by atoms with E-state index in [1.165, 1.54) is 0 Å².